The molecule has 0 bridgehead atoms. The van der Waals surface area contributed by atoms with Crippen LogP contribution in [0, 0.1) is 49.7 Å². The van der Waals surface area contributed by atoms with Gasteiger partial charge in [-0.25, -0.2) is 0 Å². The Labute approximate surface area is 180 Å². The first kappa shape index (κ1) is 15.6. The van der Waals surface area contributed by atoms with E-state index in [2.05, 4.69) is 59.3 Å². The summed E-state index contributed by atoms with van der Waals surface area (Å²) in [4.78, 5) is 0. The number of benzene rings is 2. The van der Waals surface area contributed by atoms with Gasteiger partial charge in [-0.15, -0.1) is 0 Å². The van der Waals surface area contributed by atoms with Gasteiger partial charge >= 0.3 is 184 Å². The van der Waals surface area contributed by atoms with Crippen molar-refractivity contribution in [3.05, 3.63) is 57.6 Å². The van der Waals surface area contributed by atoms with E-state index in [1.54, 1.807) is -0.764 Å². The summed E-state index contributed by atoms with van der Waals surface area (Å²) in [5, 5.41) is 0. The van der Waals surface area contributed by atoms with Crippen molar-refractivity contribution in [2.45, 2.75) is 13.3 Å². The van der Waals surface area contributed by atoms with Crippen molar-refractivity contribution in [2.24, 2.45) is 0 Å². The van der Waals surface area contributed by atoms with Gasteiger partial charge in [-0.1, -0.05) is 0 Å². The van der Waals surface area contributed by atoms with Crippen molar-refractivity contribution in [3.63, 3.8) is 0 Å². The average molecular weight is 572 g/mol. The predicted octanol–water partition coefficient (Wildman–Crippen LogP) is 2.05. The molecule has 0 atom stereocenters. The molecule has 0 N–H and O–H groups in total. The summed E-state index contributed by atoms with van der Waals surface area (Å²) in [5.74, 6) is 0. The van der Waals surface area contributed by atoms with E-state index in [4.69, 9.17) is 0 Å². The van der Waals surface area contributed by atoms with E-state index in [1.165, 1.54) is 21.2 Å². The third-order valence-electron chi connectivity index (χ3n) is 3.13. The van der Waals surface area contributed by atoms with E-state index in [-0.39, 0.29) is 0 Å². The maximum absolute atomic E-state index is 3.64. The van der Waals surface area contributed by atoms with E-state index in [9.17, 15) is 0 Å². The van der Waals surface area contributed by atoms with Gasteiger partial charge in [0.1, 0.15) is 0 Å². The molecule has 0 saturated heterocycles. The zero-order valence-electron chi connectivity index (χ0n) is 10.5. The molecule has 0 heterocycles. The van der Waals surface area contributed by atoms with E-state index in [0.717, 1.165) is 6.42 Å². The Morgan fingerprint density at radius 1 is 1.18 bits per heavy atom. The van der Waals surface area contributed by atoms with Crippen LogP contribution >= 0.6 is 15.9 Å². The van der Waals surface area contributed by atoms with Crippen LogP contribution < -0.4 is -0.764 Å². The number of aryl methyl sites for hydroxylation is 1. The molecule has 17 heavy (non-hydrogen) atoms. The van der Waals surface area contributed by atoms with E-state index in [0.29, 0.717) is 98.3 Å². The molecule has 0 spiro atoms. The molecule has 0 amide bonds. The topological polar surface area (TPSA) is 0 Å². The molecule has 0 fully saturated rings. The van der Waals surface area contributed by atoms with Gasteiger partial charge in [0.05, 0.1) is 0 Å². The van der Waals surface area contributed by atoms with Crippen LogP contribution in [0.1, 0.15) is 16.7 Å². The zero-order chi connectivity index (χ0) is 12.4. The summed E-state index contributed by atoms with van der Waals surface area (Å²) in [6.45, 7) is 2.17. The van der Waals surface area contributed by atoms with Crippen molar-refractivity contribution in [1.29, 1.82) is 0 Å². The molecular weight excluding hydrogens is 560 g/mol. The molecule has 3 heteroatoms. The molecule has 78 valence electrons. The second-order valence-corrected chi connectivity index (χ2v) is 12.9. The third-order valence-corrected chi connectivity index (χ3v) is 9.01. The Morgan fingerprint density at radius 3 is 2.47 bits per heavy atom. The monoisotopic (exact) mass is 570 g/mol. The fourth-order valence-electron chi connectivity index (χ4n) is 1.98. The molecule has 0 aliphatic carbocycles. The van der Waals surface area contributed by atoms with E-state index in [1.807, 2.05) is 0 Å². The average Bonchev–Trinajstić information content (AvgIpc) is 2.29. The first-order valence-electron chi connectivity index (χ1n) is 5.87. The Morgan fingerprint density at radius 2 is 1.82 bits per heavy atom. The molecule has 0 saturated carbocycles. The predicted molar refractivity (Wildman–Crippen MR) is 74.5 cm³/mol. The van der Waals surface area contributed by atoms with Gasteiger partial charge in [0.25, 0.3) is 0 Å². The van der Waals surface area contributed by atoms with Gasteiger partial charge < -0.3 is 0 Å². The van der Waals surface area contributed by atoms with Crippen LogP contribution in [0.25, 0.3) is 0 Å². The molecule has 0 aliphatic rings. The second-order valence-electron chi connectivity index (χ2n) is 4.69. The Balaban J connectivity index is 2.30. The van der Waals surface area contributed by atoms with Gasteiger partial charge in [0, 0.05) is 0 Å². The van der Waals surface area contributed by atoms with Crippen molar-refractivity contribution in [3.8, 4) is 0 Å². The summed E-state index contributed by atoms with van der Waals surface area (Å²) in [6, 6.07) is 13.8. The number of hydrogen-bond acceptors (Lipinski definition) is 0. The van der Waals surface area contributed by atoms with Crippen molar-refractivity contribution < 1.29 is 42.8 Å². The molecule has 0 radical (unpaired) electrons. The molecule has 0 nitrogen and oxygen atoms in total. The summed E-state index contributed by atoms with van der Waals surface area (Å²) in [6.07, 6.45) is 1.08. The van der Waals surface area contributed by atoms with Gasteiger partial charge in [0.2, 0.25) is 0 Å². The van der Waals surface area contributed by atoms with Crippen LogP contribution in [0.15, 0.2) is 40.9 Å². The molecule has 2 aromatic rings. The van der Waals surface area contributed by atoms with Crippen molar-refractivity contribution in [2.75, 3.05) is 0 Å². The van der Waals surface area contributed by atoms with E-state index >= 15 is 0 Å². The third kappa shape index (κ3) is 4.60. The van der Waals surface area contributed by atoms with Gasteiger partial charge in [-0.3, -0.25) is 0 Å². The summed E-state index contributed by atoms with van der Waals surface area (Å²) >= 11 is 4.71. The van der Waals surface area contributed by atoms with Crippen LogP contribution in [-0.4, -0.2) is 55.5 Å². The minimum atomic E-state index is 0.496. The van der Waals surface area contributed by atoms with Crippen LogP contribution in [0.4, 0.5) is 0 Å². The normalized spacial score (nSPS) is 10.5. The Kier molecular flexibility index (Phi) is 6.66. The molecule has 0 aliphatic heterocycles. The first-order valence-corrected chi connectivity index (χ1v) is 13.2. The first-order chi connectivity index (χ1) is 8.06. The van der Waals surface area contributed by atoms with Gasteiger partial charge in [-0.2, -0.15) is 0 Å². The molecule has 2 aromatic carbocycles. The minimum absolute atomic E-state index is 0.496. The van der Waals surface area contributed by atoms with Crippen molar-refractivity contribution in [1.82, 2.24) is 0 Å². The van der Waals surface area contributed by atoms with Crippen molar-refractivity contribution >= 4 is 70.7 Å². The molecule has 0 unspecified atom stereocenters. The fourth-order valence-corrected chi connectivity index (χ4v) is 5.60. The zero-order valence-corrected chi connectivity index (χ0v) is 25.3. The number of halogens is 1. The van der Waals surface area contributed by atoms with Crippen LogP contribution in [-0.2, 0) is 6.42 Å². The van der Waals surface area contributed by atoms with E-state index < -0.39 is 0 Å². The van der Waals surface area contributed by atoms with Crippen LogP contribution in [0.5, 0.6) is 0 Å². The van der Waals surface area contributed by atoms with Gasteiger partial charge in [-0.05, 0) is 0 Å². The summed E-state index contributed by atoms with van der Waals surface area (Å²) in [5.41, 5.74) is 4.31. The Hall–Kier alpha value is 2.19. The standard InChI is InChI=1S/C14H11Br.Ra.Rb.H/c1-11-7-8-13(10-14(11)15)9-12-5-3-2-4-6-12;;;/h3-7,10H,9H2,1H3;;;. The Bertz CT molecular complexity index is 535. The van der Waals surface area contributed by atoms with Crippen LogP contribution in [0.3, 0.4) is 0 Å². The summed E-state index contributed by atoms with van der Waals surface area (Å²) < 4.78 is 4.39. The quantitative estimate of drug-likeness (QED) is 0.518. The fraction of sp³-hybridized carbons (Fsp3) is 0.143. The summed E-state index contributed by atoms with van der Waals surface area (Å²) in [7, 11) is 0. The number of hydrogen-bond donors (Lipinski definition) is 0. The van der Waals surface area contributed by atoms with Crippen LogP contribution in [0.2, 0.25) is 0 Å². The van der Waals surface area contributed by atoms with Gasteiger partial charge in [0.15, 0.2) is 0 Å². The second kappa shape index (κ2) is 7.27. The molecule has 0 aromatic heterocycles. The maximum atomic E-state index is 3.64. The molecular formula is C14H12BrRaRb. The molecule has 2 rings (SSSR count). The number of rotatable bonds is 2. The SMILES string of the molecule is Cc1c[c]([Rb])c(Cc2cc[c]([RaH])cc2)cc1Br.